The van der Waals surface area contributed by atoms with E-state index in [9.17, 15) is 9.59 Å². The monoisotopic (exact) mass is 412 g/mol. The highest BCUT2D eigenvalue weighted by Crippen LogP contribution is 2.06. The molecule has 0 saturated carbocycles. The molecule has 174 valence electrons. The lowest BCUT2D eigenvalue weighted by molar-refractivity contribution is 0.335. The van der Waals surface area contributed by atoms with E-state index in [0.29, 0.717) is 11.3 Å². The number of nitrogens with one attached hydrogen (secondary N) is 1. The Balaban J connectivity index is -0.000000639. The molecule has 0 bridgehead atoms. The lowest BCUT2D eigenvalue weighted by atomic mass is 10.1. The van der Waals surface area contributed by atoms with E-state index in [1.807, 2.05) is 13.8 Å². The van der Waals surface area contributed by atoms with Crippen LogP contribution in [0, 0.1) is 6.92 Å². The van der Waals surface area contributed by atoms with Gasteiger partial charge in [-0.05, 0) is 26.9 Å². The maximum Gasteiger partial charge on any atom is 0.249 e. The van der Waals surface area contributed by atoms with Crippen molar-refractivity contribution in [3.05, 3.63) is 26.0 Å². The molecule has 1 rings (SSSR count). The first-order valence-corrected chi connectivity index (χ1v) is 12.1. The molecule has 0 aliphatic heterocycles. The van der Waals surface area contributed by atoms with Crippen LogP contribution in [0.25, 0.3) is 0 Å². The zero-order valence-corrected chi connectivity index (χ0v) is 21.2. The first-order valence-electron chi connectivity index (χ1n) is 12.1. The van der Waals surface area contributed by atoms with Crippen LogP contribution >= 0.6 is 0 Å². The van der Waals surface area contributed by atoms with Crippen LogP contribution in [0.3, 0.4) is 0 Å². The van der Waals surface area contributed by atoms with Gasteiger partial charge >= 0.3 is 0 Å². The summed E-state index contributed by atoms with van der Waals surface area (Å²) in [6, 6.07) is 0. The summed E-state index contributed by atoms with van der Waals surface area (Å²) >= 11 is 0. The second-order valence-corrected chi connectivity index (χ2v) is 7.36. The Morgan fingerprint density at radius 3 is 1.66 bits per heavy atom. The highest BCUT2D eigenvalue weighted by molar-refractivity contribution is 5.55. The SMILES string of the molecule is CC.CCC.CCCC.CCCCCCCCN(C)CCNc1c(C)c(=O)c1=O. The van der Waals surface area contributed by atoms with Gasteiger partial charge in [-0.25, -0.2) is 0 Å². The van der Waals surface area contributed by atoms with E-state index in [-0.39, 0.29) is 10.9 Å². The van der Waals surface area contributed by atoms with Gasteiger partial charge in [0.2, 0.25) is 10.9 Å². The molecule has 0 atom stereocenters. The van der Waals surface area contributed by atoms with Gasteiger partial charge < -0.3 is 10.2 Å². The van der Waals surface area contributed by atoms with Crippen molar-refractivity contribution in [2.45, 2.75) is 113 Å². The van der Waals surface area contributed by atoms with Crippen molar-refractivity contribution in [3.8, 4) is 0 Å². The second-order valence-electron chi connectivity index (χ2n) is 7.36. The van der Waals surface area contributed by atoms with E-state index < -0.39 is 0 Å². The summed E-state index contributed by atoms with van der Waals surface area (Å²) in [5.41, 5.74) is 0.394. The van der Waals surface area contributed by atoms with Gasteiger partial charge in [0.05, 0.1) is 5.69 Å². The van der Waals surface area contributed by atoms with Crippen molar-refractivity contribution in [1.82, 2.24) is 4.90 Å². The molecule has 0 spiro atoms. The second kappa shape index (κ2) is 24.9. The number of likely N-dealkylation sites (N-methyl/N-ethyl adjacent to an activating group) is 1. The number of hydrogen-bond acceptors (Lipinski definition) is 4. The summed E-state index contributed by atoms with van der Waals surface area (Å²) in [7, 11) is 2.10. The van der Waals surface area contributed by atoms with Crippen LogP contribution in [0.15, 0.2) is 9.59 Å². The van der Waals surface area contributed by atoms with Crippen molar-refractivity contribution in [1.29, 1.82) is 0 Å². The standard InChI is InChI=1S/C16H28N2O2.C4H10.C3H8.C2H6/c1-4-5-6-7-8-9-11-18(3)12-10-17-14-13(2)15(19)16(14)20;1-3-4-2;1-3-2;1-2/h17H,4-12H2,1-3H3;3-4H2,1-2H3;3H2,1-2H3;1-2H3. The summed E-state index contributed by atoms with van der Waals surface area (Å²) in [5, 5.41) is 3.07. The fourth-order valence-corrected chi connectivity index (χ4v) is 2.36. The third kappa shape index (κ3) is 18.6. The normalized spacial score (nSPS) is 9.72. The summed E-state index contributed by atoms with van der Waals surface area (Å²) < 4.78 is 0. The van der Waals surface area contributed by atoms with Crippen LogP contribution in [0.2, 0.25) is 0 Å². The first-order chi connectivity index (χ1) is 13.9. The molecule has 1 aromatic rings. The molecule has 0 unspecified atom stereocenters. The molecule has 1 aromatic carbocycles. The molecule has 0 aromatic heterocycles. The van der Waals surface area contributed by atoms with Crippen molar-refractivity contribution in [2.75, 3.05) is 32.0 Å². The molecule has 0 heterocycles. The lowest BCUT2D eigenvalue weighted by Gasteiger charge is -2.18. The number of hydrogen-bond donors (Lipinski definition) is 1. The van der Waals surface area contributed by atoms with E-state index in [1.165, 1.54) is 57.8 Å². The van der Waals surface area contributed by atoms with E-state index in [4.69, 9.17) is 0 Å². The van der Waals surface area contributed by atoms with Gasteiger partial charge in [-0.3, -0.25) is 9.59 Å². The van der Waals surface area contributed by atoms with Crippen LogP contribution in [0.4, 0.5) is 5.69 Å². The Morgan fingerprint density at radius 1 is 0.724 bits per heavy atom. The van der Waals surface area contributed by atoms with Gasteiger partial charge in [0, 0.05) is 18.7 Å². The summed E-state index contributed by atoms with van der Waals surface area (Å²) in [4.78, 5) is 24.6. The van der Waals surface area contributed by atoms with Gasteiger partial charge in [-0.2, -0.15) is 0 Å². The number of rotatable bonds is 12. The van der Waals surface area contributed by atoms with E-state index in [1.54, 1.807) is 6.92 Å². The molecular weight excluding hydrogens is 360 g/mol. The molecule has 0 aliphatic carbocycles. The zero-order valence-electron chi connectivity index (χ0n) is 21.2. The average molecular weight is 413 g/mol. The smallest absolute Gasteiger partial charge is 0.249 e. The molecule has 0 saturated heterocycles. The quantitative estimate of drug-likeness (QED) is 0.312. The van der Waals surface area contributed by atoms with Crippen molar-refractivity contribution in [2.24, 2.45) is 0 Å². The fraction of sp³-hybridized carbons (Fsp3) is 0.840. The van der Waals surface area contributed by atoms with Crippen LogP contribution in [0.1, 0.15) is 112 Å². The summed E-state index contributed by atoms with van der Waals surface area (Å²) in [6.45, 7) is 19.3. The Morgan fingerprint density at radius 2 is 1.21 bits per heavy atom. The molecule has 0 aliphatic rings. The van der Waals surface area contributed by atoms with Crippen molar-refractivity contribution >= 4 is 5.69 Å². The van der Waals surface area contributed by atoms with E-state index in [0.717, 1.165) is 19.6 Å². The number of anilines is 1. The molecule has 0 fully saturated rings. The van der Waals surface area contributed by atoms with Crippen LogP contribution in [-0.2, 0) is 0 Å². The Labute approximate surface area is 182 Å². The lowest BCUT2D eigenvalue weighted by Crippen LogP contribution is -2.38. The van der Waals surface area contributed by atoms with Gasteiger partial charge in [0.1, 0.15) is 0 Å². The Kier molecular flexibility index (Phi) is 27.9. The molecule has 29 heavy (non-hydrogen) atoms. The molecule has 4 heteroatoms. The molecule has 4 nitrogen and oxygen atoms in total. The van der Waals surface area contributed by atoms with E-state index >= 15 is 0 Å². The van der Waals surface area contributed by atoms with Gasteiger partial charge in [0.15, 0.2) is 0 Å². The number of nitrogens with zero attached hydrogens (tertiary/aromatic N) is 1. The van der Waals surface area contributed by atoms with E-state index in [2.05, 4.69) is 51.9 Å². The van der Waals surface area contributed by atoms with Crippen LogP contribution < -0.4 is 16.2 Å². The third-order valence-corrected chi connectivity index (χ3v) is 4.34. The highest BCUT2D eigenvalue weighted by atomic mass is 16.2. The largest absolute Gasteiger partial charge is 0.380 e. The molecular formula is C25H52N2O2. The molecule has 1 N–H and O–H groups in total. The van der Waals surface area contributed by atoms with Crippen molar-refractivity contribution < 1.29 is 0 Å². The predicted octanol–water partition coefficient (Wildman–Crippen LogP) is 6.54. The topological polar surface area (TPSA) is 49.4 Å². The first kappa shape index (κ1) is 32.5. The maximum absolute atomic E-state index is 11.3. The minimum atomic E-state index is -0.360. The highest BCUT2D eigenvalue weighted by Gasteiger charge is 2.15. The third-order valence-electron chi connectivity index (χ3n) is 4.34. The van der Waals surface area contributed by atoms with Crippen molar-refractivity contribution in [3.63, 3.8) is 0 Å². The average Bonchev–Trinajstić information content (AvgIpc) is 2.75. The minimum Gasteiger partial charge on any atom is -0.380 e. The fourth-order valence-electron chi connectivity index (χ4n) is 2.36. The maximum atomic E-state index is 11.3. The van der Waals surface area contributed by atoms with Gasteiger partial charge in [0.25, 0.3) is 0 Å². The molecule has 0 radical (unpaired) electrons. The van der Waals surface area contributed by atoms with Gasteiger partial charge in [-0.1, -0.05) is 99.8 Å². The Hall–Kier alpha value is -1.16. The molecule has 0 amide bonds. The minimum absolute atomic E-state index is 0.340. The van der Waals surface area contributed by atoms with Gasteiger partial charge in [-0.15, -0.1) is 0 Å². The number of unbranched alkanes of at least 4 members (excludes halogenated alkanes) is 6. The summed E-state index contributed by atoms with van der Waals surface area (Å²) in [5.74, 6) is 0. The zero-order chi connectivity index (χ0) is 23.1. The Bertz CT molecular complexity index is 503. The summed E-state index contributed by atoms with van der Waals surface area (Å²) in [6.07, 6.45) is 11.8. The van der Waals surface area contributed by atoms with Crippen LogP contribution in [0.5, 0.6) is 0 Å². The predicted molar refractivity (Wildman–Crippen MR) is 133 cm³/mol. The van der Waals surface area contributed by atoms with Crippen LogP contribution in [-0.4, -0.2) is 31.6 Å².